The van der Waals surface area contributed by atoms with Gasteiger partial charge >= 0.3 is 5.97 Å². The van der Waals surface area contributed by atoms with E-state index in [0.717, 1.165) is 4.47 Å². The Bertz CT molecular complexity index is 527. The number of hydrogen-bond acceptors (Lipinski definition) is 3. The van der Waals surface area contributed by atoms with Gasteiger partial charge in [0.05, 0.1) is 0 Å². The molecular weight excluding hydrogens is 355 g/mol. The summed E-state index contributed by atoms with van der Waals surface area (Å²) < 4.78 is 4.78. The quantitative estimate of drug-likeness (QED) is 0.463. The van der Waals surface area contributed by atoms with Gasteiger partial charge in [-0.25, -0.2) is 0 Å². The first kappa shape index (κ1) is 14.8. The van der Waals surface area contributed by atoms with Crippen molar-refractivity contribution in [3.8, 4) is 0 Å². The lowest BCUT2D eigenvalue weighted by Gasteiger charge is -2.11. The van der Waals surface area contributed by atoms with Crippen molar-refractivity contribution in [3.63, 3.8) is 0 Å². The van der Waals surface area contributed by atoms with Gasteiger partial charge in [0.2, 0.25) is 0 Å². The van der Waals surface area contributed by atoms with Crippen LogP contribution in [0.2, 0.25) is 0 Å². The van der Waals surface area contributed by atoms with Crippen LogP contribution >= 0.6 is 39.1 Å². The Kier molecular flexibility index (Phi) is 3.96. The van der Waals surface area contributed by atoms with Crippen molar-refractivity contribution in [2.45, 2.75) is 17.7 Å². The van der Waals surface area contributed by atoms with E-state index >= 15 is 0 Å². The van der Waals surface area contributed by atoms with Gasteiger partial charge in [0.1, 0.15) is 9.75 Å². The molecule has 0 aromatic heterocycles. The Morgan fingerprint density at radius 2 is 1.84 bits per heavy atom. The molecule has 1 aromatic rings. The summed E-state index contributed by atoms with van der Waals surface area (Å²) in [5.41, 5.74) is -0.421. The smallest absolute Gasteiger partial charge is 0.315 e. The largest absolute Gasteiger partial charge is 0.457 e. The van der Waals surface area contributed by atoms with Crippen molar-refractivity contribution in [3.05, 3.63) is 34.3 Å². The number of carbonyl (C=O) groups is 2. The second-order valence-electron chi connectivity index (χ2n) is 4.72. The van der Waals surface area contributed by atoms with Crippen LogP contribution < -0.4 is 0 Å². The van der Waals surface area contributed by atoms with Gasteiger partial charge in [-0.2, -0.15) is 0 Å². The Hall–Kier alpha value is -0.580. The minimum atomic E-state index is -1.08. The third-order valence-corrected chi connectivity index (χ3v) is 4.84. The van der Waals surface area contributed by atoms with E-state index in [2.05, 4.69) is 15.9 Å². The molecule has 0 saturated heterocycles. The Balaban J connectivity index is 1.91. The van der Waals surface area contributed by atoms with Gasteiger partial charge in [-0.15, -0.1) is 23.2 Å². The van der Waals surface area contributed by atoms with Crippen molar-refractivity contribution in [1.29, 1.82) is 0 Å². The minimum Gasteiger partial charge on any atom is -0.457 e. The molecule has 0 amide bonds. The maximum absolute atomic E-state index is 11.8. The lowest BCUT2D eigenvalue weighted by atomic mass is 10.1. The Morgan fingerprint density at radius 1 is 1.32 bits per heavy atom. The zero-order chi connectivity index (χ0) is 14.3. The Morgan fingerprint density at radius 3 is 2.32 bits per heavy atom. The van der Waals surface area contributed by atoms with E-state index in [1.165, 1.54) is 0 Å². The van der Waals surface area contributed by atoms with Crippen LogP contribution in [0.1, 0.15) is 23.7 Å². The molecule has 2 rings (SSSR count). The average molecular weight is 366 g/mol. The SMILES string of the molecule is C[C@@]1(C(=O)OCC(=O)c2ccc(Br)cc2)CC1(Cl)Cl. The molecule has 19 heavy (non-hydrogen) atoms. The van der Waals surface area contributed by atoms with Gasteiger partial charge in [0.25, 0.3) is 0 Å². The monoisotopic (exact) mass is 364 g/mol. The number of rotatable bonds is 4. The van der Waals surface area contributed by atoms with Crippen LogP contribution in [0.5, 0.6) is 0 Å². The van der Waals surface area contributed by atoms with E-state index < -0.39 is 15.7 Å². The summed E-state index contributed by atoms with van der Waals surface area (Å²) in [5.74, 6) is -0.803. The highest BCUT2D eigenvalue weighted by molar-refractivity contribution is 9.10. The first-order valence-electron chi connectivity index (χ1n) is 5.60. The molecule has 0 radical (unpaired) electrons. The molecule has 1 fully saturated rings. The van der Waals surface area contributed by atoms with Crippen molar-refractivity contribution >= 4 is 50.9 Å². The molecule has 1 saturated carbocycles. The molecule has 0 bridgehead atoms. The second-order valence-corrected chi connectivity index (χ2v) is 7.12. The van der Waals surface area contributed by atoms with Gasteiger partial charge in [-0.05, 0) is 19.1 Å². The van der Waals surface area contributed by atoms with Crippen LogP contribution in [0, 0.1) is 5.41 Å². The summed E-state index contributed by atoms with van der Waals surface area (Å²) in [6.45, 7) is 1.32. The molecular formula is C13H11BrCl2O3. The predicted molar refractivity (Wildman–Crippen MR) is 76.6 cm³/mol. The normalized spacial score (nSPS) is 23.8. The highest BCUT2D eigenvalue weighted by Crippen LogP contribution is 2.64. The standard InChI is InChI=1S/C13H11BrCl2O3/c1-12(7-13(12,15)16)11(18)19-6-10(17)8-2-4-9(14)5-3-8/h2-5H,6-7H2,1H3/t12-/m0/s1. The molecule has 6 heteroatoms. The zero-order valence-corrected chi connectivity index (χ0v) is 13.2. The predicted octanol–water partition coefficient (Wildman–Crippen LogP) is 3.76. The second kappa shape index (κ2) is 5.08. The third kappa shape index (κ3) is 2.96. The summed E-state index contributed by atoms with van der Waals surface area (Å²) >= 11 is 15.0. The van der Waals surface area contributed by atoms with Crippen LogP contribution in [0.3, 0.4) is 0 Å². The lowest BCUT2D eigenvalue weighted by Crippen LogP contribution is -2.24. The molecule has 0 spiro atoms. The van der Waals surface area contributed by atoms with E-state index in [4.69, 9.17) is 27.9 Å². The van der Waals surface area contributed by atoms with E-state index in [9.17, 15) is 9.59 Å². The highest BCUT2D eigenvalue weighted by atomic mass is 79.9. The van der Waals surface area contributed by atoms with E-state index in [1.807, 2.05) is 0 Å². The summed E-state index contributed by atoms with van der Waals surface area (Å²) in [7, 11) is 0. The number of ketones is 1. The molecule has 102 valence electrons. The zero-order valence-electron chi connectivity index (χ0n) is 10.1. The van der Waals surface area contributed by atoms with Gasteiger partial charge in [0.15, 0.2) is 12.4 Å². The topological polar surface area (TPSA) is 43.4 Å². The van der Waals surface area contributed by atoms with E-state index in [1.54, 1.807) is 31.2 Å². The molecule has 0 aliphatic heterocycles. The van der Waals surface area contributed by atoms with E-state index in [-0.39, 0.29) is 12.4 Å². The molecule has 1 aromatic carbocycles. The number of alkyl halides is 2. The average Bonchev–Trinajstić information content (AvgIpc) is 2.87. The van der Waals surface area contributed by atoms with Crippen molar-refractivity contribution in [2.75, 3.05) is 6.61 Å². The Labute approximate surface area is 129 Å². The first-order valence-corrected chi connectivity index (χ1v) is 7.15. The number of carbonyl (C=O) groups excluding carboxylic acids is 2. The fourth-order valence-corrected chi connectivity index (χ4v) is 2.58. The molecule has 1 atom stereocenters. The molecule has 1 aliphatic carbocycles. The summed E-state index contributed by atoms with van der Waals surface area (Å²) in [6, 6.07) is 6.82. The fraction of sp³-hybridized carbons (Fsp3) is 0.385. The highest BCUT2D eigenvalue weighted by Gasteiger charge is 2.69. The maximum atomic E-state index is 11.8. The van der Waals surface area contributed by atoms with Crippen molar-refractivity contribution in [1.82, 2.24) is 0 Å². The summed E-state index contributed by atoms with van der Waals surface area (Å²) in [5, 5.41) is 0. The van der Waals surface area contributed by atoms with Crippen LogP contribution in [-0.2, 0) is 9.53 Å². The van der Waals surface area contributed by atoms with Crippen LogP contribution in [0.25, 0.3) is 0 Å². The molecule has 0 heterocycles. The van der Waals surface area contributed by atoms with Crippen LogP contribution in [-0.4, -0.2) is 22.7 Å². The maximum Gasteiger partial charge on any atom is 0.315 e. The number of benzene rings is 1. The van der Waals surface area contributed by atoms with Crippen molar-refractivity contribution < 1.29 is 14.3 Å². The van der Waals surface area contributed by atoms with Crippen molar-refractivity contribution in [2.24, 2.45) is 5.41 Å². The lowest BCUT2D eigenvalue weighted by molar-refractivity contribution is -0.148. The van der Waals surface area contributed by atoms with Gasteiger partial charge < -0.3 is 4.74 Å². The van der Waals surface area contributed by atoms with Crippen LogP contribution in [0.4, 0.5) is 0 Å². The first-order chi connectivity index (χ1) is 8.76. The van der Waals surface area contributed by atoms with Gasteiger partial charge in [-0.3, -0.25) is 9.59 Å². The molecule has 0 N–H and O–H groups in total. The number of halogens is 3. The van der Waals surface area contributed by atoms with Crippen LogP contribution in [0.15, 0.2) is 28.7 Å². The summed E-state index contributed by atoms with van der Waals surface area (Å²) in [6.07, 6.45) is 0.342. The molecule has 0 unspecified atom stereocenters. The van der Waals surface area contributed by atoms with E-state index in [0.29, 0.717) is 12.0 Å². The third-order valence-electron chi connectivity index (χ3n) is 3.21. The summed E-state index contributed by atoms with van der Waals surface area (Å²) in [4.78, 5) is 23.6. The number of hydrogen-bond donors (Lipinski definition) is 0. The number of esters is 1. The number of ether oxygens (including phenoxy) is 1. The fourth-order valence-electron chi connectivity index (χ4n) is 1.63. The molecule has 1 aliphatic rings. The minimum absolute atomic E-state index is 0.264. The number of Topliss-reactive ketones (excluding diaryl/α,β-unsaturated/α-hetero) is 1. The molecule has 3 nitrogen and oxygen atoms in total. The van der Waals surface area contributed by atoms with Gasteiger partial charge in [0, 0.05) is 16.5 Å². The van der Waals surface area contributed by atoms with Gasteiger partial charge in [-0.1, -0.05) is 28.1 Å².